The monoisotopic (exact) mass is 542 g/mol. The van der Waals surface area contributed by atoms with Crippen LogP contribution in [-0.4, -0.2) is 45.7 Å². The number of rotatable bonds is 7. The Morgan fingerprint density at radius 1 is 1.21 bits per heavy atom. The average molecular weight is 543 g/mol. The summed E-state index contributed by atoms with van der Waals surface area (Å²) in [7, 11) is 0. The van der Waals surface area contributed by atoms with Crippen molar-refractivity contribution in [1.82, 2.24) is 14.9 Å². The zero-order valence-corrected chi connectivity index (χ0v) is 21.7. The molecule has 0 bridgehead atoms. The van der Waals surface area contributed by atoms with Crippen molar-refractivity contribution in [2.45, 2.75) is 31.5 Å². The van der Waals surface area contributed by atoms with Gasteiger partial charge in [-0.05, 0) is 30.0 Å². The van der Waals surface area contributed by atoms with Crippen LogP contribution < -0.4 is 21.5 Å². The van der Waals surface area contributed by atoms with Gasteiger partial charge < -0.3 is 21.1 Å². The van der Waals surface area contributed by atoms with Crippen LogP contribution in [0.15, 0.2) is 64.8 Å². The van der Waals surface area contributed by atoms with Crippen molar-refractivity contribution in [2.75, 3.05) is 18.0 Å². The second-order valence-corrected chi connectivity index (χ2v) is 10.3. The lowest BCUT2D eigenvalue weighted by Gasteiger charge is -2.33. The van der Waals surface area contributed by atoms with E-state index in [4.69, 9.17) is 10.7 Å². The number of aromatic nitrogens is 2. The lowest BCUT2D eigenvalue weighted by molar-refractivity contribution is -0.139. The molecule has 3 heterocycles. The standard InChI is InChI=1S/C28H26N6O4S/c29-13-18-9-4-5-10-19(18)14-34-26(36)24-23(32-28(34)33-12-6-11-20(30)15-33)21(16-39-24)25(35)31-22(27(37)38)17-7-2-1-3-8-17/h1-5,7-10,16,20,22H,6,11-12,14-15,30H2,(H,31,35)(H,37,38). The number of carboxylic acids is 1. The van der Waals surface area contributed by atoms with Gasteiger partial charge in [0.2, 0.25) is 5.95 Å². The molecular weight excluding hydrogens is 516 g/mol. The Kier molecular flexibility index (Phi) is 7.40. The molecule has 4 N–H and O–H groups in total. The first kappa shape index (κ1) is 26.1. The number of carbonyl (C=O) groups excluding carboxylic acids is 1. The van der Waals surface area contributed by atoms with Gasteiger partial charge in [-0.25, -0.2) is 9.78 Å². The van der Waals surface area contributed by atoms with E-state index in [1.165, 1.54) is 9.95 Å². The Morgan fingerprint density at radius 2 is 1.95 bits per heavy atom. The van der Waals surface area contributed by atoms with Gasteiger partial charge in [0.1, 0.15) is 10.2 Å². The molecule has 10 nitrogen and oxygen atoms in total. The molecule has 11 heteroatoms. The predicted octanol–water partition coefficient (Wildman–Crippen LogP) is 2.86. The van der Waals surface area contributed by atoms with E-state index in [0.29, 0.717) is 35.7 Å². The SMILES string of the molecule is N#Cc1ccccc1Cn1c(N2CCCC(N)C2)nc2c(C(=O)NC(C(=O)O)c3ccccc3)csc2c1=O. The zero-order chi connectivity index (χ0) is 27.5. The number of carboxylic acid groups (broad SMARTS) is 1. The molecule has 0 spiro atoms. The quantitative estimate of drug-likeness (QED) is 0.322. The van der Waals surface area contributed by atoms with Gasteiger partial charge in [0, 0.05) is 24.5 Å². The molecule has 0 radical (unpaired) electrons. The van der Waals surface area contributed by atoms with Gasteiger partial charge in [-0.15, -0.1) is 11.3 Å². The smallest absolute Gasteiger partial charge is 0.330 e. The summed E-state index contributed by atoms with van der Waals surface area (Å²) in [6.45, 7) is 1.24. The topological polar surface area (TPSA) is 154 Å². The van der Waals surface area contributed by atoms with E-state index in [0.717, 1.165) is 24.2 Å². The van der Waals surface area contributed by atoms with Crippen molar-refractivity contribution < 1.29 is 14.7 Å². The molecule has 2 unspecified atom stereocenters. The first-order chi connectivity index (χ1) is 18.9. The van der Waals surface area contributed by atoms with Crippen molar-refractivity contribution in [3.8, 4) is 6.07 Å². The second kappa shape index (κ2) is 11.1. The van der Waals surface area contributed by atoms with Crippen molar-refractivity contribution in [3.05, 3.63) is 92.6 Å². The van der Waals surface area contributed by atoms with Gasteiger partial charge in [-0.1, -0.05) is 48.5 Å². The highest BCUT2D eigenvalue weighted by molar-refractivity contribution is 7.17. The van der Waals surface area contributed by atoms with Crippen LogP contribution in [0.4, 0.5) is 5.95 Å². The number of nitrogens with zero attached hydrogens (tertiary/aromatic N) is 4. The molecule has 1 fully saturated rings. The highest BCUT2D eigenvalue weighted by Crippen LogP contribution is 2.27. The highest BCUT2D eigenvalue weighted by atomic mass is 32.1. The van der Waals surface area contributed by atoms with Crippen LogP contribution in [0, 0.1) is 11.3 Å². The molecule has 1 amide bonds. The Morgan fingerprint density at radius 3 is 2.67 bits per heavy atom. The maximum absolute atomic E-state index is 13.8. The third-order valence-corrected chi connectivity index (χ3v) is 7.72. The van der Waals surface area contributed by atoms with Crippen molar-refractivity contribution in [3.63, 3.8) is 0 Å². The molecular formula is C28H26N6O4S. The molecule has 2 atom stereocenters. The van der Waals surface area contributed by atoms with E-state index < -0.39 is 17.9 Å². The molecule has 5 rings (SSSR count). The maximum atomic E-state index is 13.8. The molecule has 1 saturated heterocycles. The van der Waals surface area contributed by atoms with E-state index in [-0.39, 0.29) is 33.9 Å². The van der Waals surface area contributed by atoms with Crippen LogP contribution in [0.25, 0.3) is 10.2 Å². The van der Waals surface area contributed by atoms with Crippen LogP contribution in [0.3, 0.4) is 0 Å². The summed E-state index contributed by atoms with van der Waals surface area (Å²) in [5.41, 5.74) is 7.78. The summed E-state index contributed by atoms with van der Waals surface area (Å²) in [6.07, 6.45) is 1.67. The number of aliphatic carboxylic acids is 1. The number of fused-ring (bicyclic) bond motifs is 1. The van der Waals surface area contributed by atoms with Crippen LogP contribution in [-0.2, 0) is 11.3 Å². The first-order valence-electron chi connectivity index (χ1n) is 12.5. The van der Waals surface area contributed by atoms with Crippen molar-refractivity contribution in [2.24, 2.45) is 5.73 Å². The normalized spacial score (nSPS) is 16.0. The number of hydrogen-bond acceptors (Lipinski definition) is 8. The maximum Gasteiger partial charge on any atom is 0.330 e. The predicted molar refractivity (Wildman–Crippen MR) is 148 cm³/mol. The summed E-state index contributed by atoms with van der Waals surface area (Å²) < 4.78 is 1.80. The molecule has 1 aliphatic rings. The molecule has 198 valence electrons. The summed E-state index contributed by atoms with van der Waals surface area (Å²) in [5.74, 6) is -1.48. The summed E-state index contributed by atoms with van der Waals surface area (Å²) in [6, 6.07) is 16.3. The highest BCUT2D eigenvalue weighted by Gasteiger charge is 2.28. The number of thiophene rings is 1. The largest absolute Gasteiger partial charge is 0.479 e. The van der Waals surface area contributed by atoms with Gasteiger partial charge in [0.05, 0.1) is 23.7 Å². The zero-order valence-electron chi connectivity index (χ0n) is 20.9. The van der Waals surface area contributed by atoms with Gasteiger partial charge in [-0.2, -0.15) is 5.26 Å². The number of carbonyl (C=O) groups is 2. The fourth-order valence-corrected chi connectivity index (χ4v) is 5.74. The molecule has 1 aliphatic heterocycles. The first-order valence-corrected chi connectivity index (χ1v) is 13.3. The number of nitrogens with one attached hydrogen (secondary N) is 1. The van der Waals surface area contributed by atoms with Gasteiger partial charge >= 0.3 is 5.97 Å². The Bertz CT molecular complexity index is 1640. The molecule has 2 aromatic heterocycles. The van der Waals surface area contributed by atoms with Gasteiger partial charge in [0.15, 0.2) is 6.04 Å². The lowest BCUT2D eigenvalue weighted by Crippen LogP contribution is -2.45. The number of amides is 1. The van der Waals surface area contributed by atoms with Crippen LogP contribution in [0.1, 0.15) is 45.9 Å². The van der Waals surface area contributed by atoms with Crippen LogP contribution >= 0.6 is 11.3 Å². The Hall–Kier alpha value is -4.53. The van der Waals surface area contributed by atoms with E-state index in [9.17, 15) is 24.8 Å². The Labute approximate surface area is 227 Å². The lowest BCUT2D eigenvalue weighted by atomic mass is 10.1. The average Bonchev–Trinajstić information content (AvgIpc) is 3.38. The molecule has 4 aromatic rings. The van der Waals surface area contributed by atoms with E-state index in [1.54, 1.807) is 48.5 Å². The molecule has 0 aliphatic carbocycles. The number of hydrogen-bond donors (Lipinski definition) is 3. The van der Waals surface area contributed by atoms with Gasteiger partial charge in [-0.3, -0.25) is 14.2 Å². The van der Waals surface area contributed by atoms with E-state index >= 15 is 0 Å². The summed E-state index contributed by atoms with van der Waals surface area (Å²) in [4.78, 5) is 45.9. The molecule has 39 heavy (non-hydrogen) atoms. The van der Waals surface area contributed by atoms with E-state index in [1.807, 2.05) is 11.0 Å². The summed E-state index contributed by atoms with van der Waals surface area (Å²) in [5, 5.41) is 23.4. The molecule has 2 aromatic carbocycles. The number of anilines is 1. The van der Waals surface area contributed by atoms with Crippen molar-refractivity contribution in [1.29, 1.82) is 5.26 Å². The number of benzene rings is 2. The minimum atomic E-state index is -1.27. The third kappa shape index (κ3) is 5.25. The van der Waals surface area contributed by atoms with Gasteiger partial charge in [0.25, 0.3) is 11.5 Å². The Balaban J connectivity index is 1.59. The fraction of sp³-hybridized carbons (Fsp3) is 0.250. The summed E-state index contributed by atoms with van der Waals surface area (Å²) >= 11 is 1.08. The second-order valence-electron chi connectivity index (χ2n) is 9.40. The fourth-order valence-electron chi connectivity index (χ4n) is 4.80. The minimum absolute atomic E-state index is 0.0985. The van der Waals surface area contributed by atoms with Crippen molar-refractivity contribution >= 4 is 39.4 Å². The molecule has 0 saturated carbocycles. The van der Waals surface area contributed by atoms with Crippen LogP contribution in [0.5, 0.6) is 0 Å². The number of nitrogens with two attached hydrogens (primary N) is 1. The third-order valence-electron chi connectivity index (χ3n) is 6.76. The number of piperidine rings is 1. The minimum Gasteiger partial charge on any atom is -0.479 e. The number of nitriles is 1. The van der Waals surface area contributed by atoms with Crippen LogP contribution in [0.2, 0.25) is 0 Å². The van der Waals surface area contributed by atoms with E-state index in [2.05, 4.69) is 11.4 Å².